The maximum absolute atomic E-state index is 12.7. The zero-order chi connectivity index (χ0) is 20.1. The molecule has 0 saturated carbocycles. The first-order valence-corrected chi connectivity index (χ1v) is 10.2. The zero-order valence-electron chi connectivity index (χ0n) is 16.4. The van der Waals surface area contributed by atoms with Crippen molar-refractivity contribution in [3.05, 3.63) is 96.2 Å². The monoisotopic (exact) mass is 388 g/mol. The van der Waals surface area contributed by atoms with Gasteiger partial charge in [0.05, 0.1) is 6.42 Å². The molecule has 0 saturated heterocycles. The number of para-hydroxylation sites is 1. The highest BCUT2D eigenvalue weighted by atomic mass is 16.1. The zero-order valence-corrected chi connectivity index (χ0v) is 16.4. The van der Waals surface area contributed by atoms with E-state index in [0.717, 1.165) is 22.0 Å². The lowest BCUT2D eigenvalue weighted by Gasteiger charge is -2.14. The molecule has 0 atom stereocenters. The maximum Gasteiger partial charge on any atom is 0.224 e. The Hall–Kier alpha value is -3.85. The molecule has 3 heteroatoms. The molecule has 0 unspecified atom stereocenters. The van der Waals surface area contributed by atoms with E-state index in [4.69, 9.17) is 0 Å². The molecular formula is C27H20N2O. The highest BCUT2D eigenvalue weighted by molar-refractivity contribution is 6.23. The summed E-state index contributed by atoms with van der Waals surface area (Å²) in [6.07, 6.45) is 2.30. The lowest BCUT2D eigenvalue weighted by molar-refractivity contribution is -0.120. The predicted octanol–water partition coefficient (Wildman–Crippen LogP) is 5.92. The van der Waals surface area contributed by atoms with Crippen LogP contribution in [0.4, 0.5) is 0 Å². The number of aromatic amines is 1. The number of benzene rings is 5. The normalized spacial score (nSPS) is 11.7. The number of nitrogens with one attached hydrogen (secondary N) is 2. The van der Waals surface area contributed by atoms with Crippen molar-refractivity contribution in [1.29, 1.82) is 0 Å². The maximum atomic E-state index is 12.7. The van der Waals surface area contributed by atoms with Crippen molar-refractivity contribution in [3.8, 4) is 0 Å². The molecule has 1 aromatic heterocycles. The fourth-order valence-electron chi connectivity index (χ4n) is 4.66. The first-order valence-electron chi connectivity index (χ1n) is 10.2. The standard InChI is InChI=1S/C27H20N2O/c30-25(14-21-16-28-24-7-2-1-6-22(21)24)29-15-20-11-10-19-9-8-17-4-3-5-18-12-13-23(20)27(19)26(17)18/h1-13,16,28H,14-15H2,(H,29,30). The van der Waals surface area contributed by atoms with Crippen LogP contribution >= 0.6 is 0 Å². The minimum Gasteiger partial charge on any atom is -0.361 e. The van der Waals surface area contributed by atoms with Crippen LogP contribution in [0.25, 0.3) is 43.2 Å². The molecule has 144 valence electrons. The summed E-state index contributed by atoms with van der Waals surface area (Å²) in [4.78, 5) is 15.9. The van der Waals surface area contributed by atoms with Crippen LogP contribution in [0.5, 0.6) is 0 Å². The number of hydrogen-bond acceptors (Lipinski definition) is 1. The molecule has 0 radical (unpaired) electrons. The van der Waals surface area contributed by atoms with Gasteiger partial charge in [-0.05, 0) is 49.5 Å². The van der Waals surface area contributed by atoms with Gasteiger partial charge in [0, 0.05) is 23.6 Å². The molecule has 6 rings (SSSR count). The van der Waals surface area contributed by atoms with Crippen molar-refractivity contribution in [2.45, 2.75) is 13.0 Å². The summed E-state index contributed by atoms with van der Waals surface area (Å²) >= 11 is 0. The van der Waals surface area contributed by atoms with Gasteiger partial charge in [-0.1, -0.05) is 72.8 Å². The number of carbonyl (C=O) groups excluding carboxylic acids is 1. The minimum atomic E-state index is 0.0328. The van der Waals surface area contributed by atoms with Gasteiger partial charge in [-0.25, -0.2) is 0 Å². The Morgan fingerprint density at radius 2 is 1.43 bits per heavy atom. The van der Waals surface area contributed by atoms with Crippen LogP contribution in [0.1, 0.15) is 11.1 Å². The lowest BCUT2D eigenvalue weighted by atomic mass is 9.92. The number of amides is 1. The van der Waals surface area contributed by atoms with Crippen molar-refractivity contribution >= 4 is 49.1 Å². The van der Waals surface area contributed by atoms with Gasteiger partial charge in [0.2, 0.25) is 5.91 Å². The minimum absolute atomic E-state index is 0.0328. The largest absolute Gasteiger partial charge is 0.361 e. The summed E-state index contributed by atoms with van der Waals surface area (Å²) in [5.41, 5.74) is 3.23. The second-order valence-electron chi connectivity index (χ2n) is 7.89. The first-order chi connectivity index (χ1) is 14.8. The second-order valence-corrected chi connectivity index (χ2v) is 7.89. The van der Waals surface area contributed by atoms with Crippen LogP contribution in [0.3, 0.4) is 0 Å². The summed E-state index contributed by atoms with van der Waals surface area (Å²) in [7, 11) is 0. The van der Waals surface area contributed by atoms with Crippen LogP contribution in [0.2, 0.25) is 0 Å². The number of rotatable bonds is 4. The molecule has 30 heavy (non-hydrogen) atoms. The summed E-state index contributed by atoms with van der Waals surface area (Å²) in [5, 5.41) is 11.8. The third-order valence-corrected chi connectivity index (χ3v) is 6.12. The number of carbonyl (C=O) groups is 1. The van der Waals surface area contributed by atoms with E-state index in [9.17, 15) is 4.79 Å². The van der Waals surface area contributed by atoms with E-state index in [2.05, 4.69) is 71.0 Å². The van der Waals surface area contributed by atoms with Gasteiger partial charge in [0.1, 0.15) is 0 Å². The first kappa shape index (κ1) is 17.0. The van der Waals surface area contributed by atoms with E-state index in [1.54, 1.807) is 0 Å². The molecule has 5 aromatic carbocycles. The van der Waals surface area contributed by atoms with Gasteiger partial charge >= 0.3 is 0 Å². The Bertz CT molecular complexity index is 1530. The predicted molar refractivity (Wildman–Crippen MR) is 124 cm³/mol. The topological polar surface area (TPSA) is 44.9 Å². The smallest absolute Gasteiger partial charge is 0.224 e. The number of hydrogen-bond donors (Lipinski definition) is 2. The number of aromatic nitrogens is 1. The third-order valence-electron chi connectivity index (χ3n) is 6.12. The second kappa shape index (κ2) is 6.60. The molecule has 0 spiro atoms. The SMILES string of the molecule is O=C(Cc1c[nH]c2ccccc12)NCc1ccc2ccc3cccc4ccc1c2c34. The van der Waals surface area contributed by atoms with E-state index < -0.39 is 0 Å². The fourth-order valence-corrected chi connectivity index (χ4v) is 4.66. The van der Waals surface area contributed by atoms with Crippen LogP contribution in [-0.2, 0) is 17.8 Å². The summed E-state index contributed by atoms with van der Waals surface area (Å²) in [6, 6.07) is 27.5. The highest BCUT2D eigenvalue weighted by Gasteiger charge is 2.12. The fraction of sp³-hybridized carbons (Fsp3) is 0.0741. The summed E-state index contributed by atoms with van der Waals surface area (Å²) in [6.45, 7) is 0.523. The van der Waals surface area contributed by atoms with Crippen LogP contribution < -0.4 is 5.32 Å². The van der Waals surface area contributed by atoms with Crippen LogP contribution in [0.15, 0.2) is 85.1 Å². The van der Waals surface area contributed by atoms with Gasteiger partial charge in [0.25, 0.3) is 0 Å². The molecule has 0 aliphatic carbocycles. The van der Waals surface area contributed by atoms with Crippen molar-refractivity contribution in [2.75, 3.05) is 0 Å². The highest BCUT2D eigenvalue weighted by Crippen LogP contribution is 2.35. The Labute approximate surface area is 173 Å². The summed E-state index contributed by atoms with van der Waals surface area (Å²) in [5.74, 6) is 0.0328. The molecule has 3 nitrogen and oxygen atoms in total. The molecule has 0 aliphatic rings. The number of H-pyrrole nitrogens is 1. The molecule has 1 heterocycles. The molecule has 2 N–H and O–H groups in total. The van der Waals surface area contributed by atoms with E-state index in [-0.39, 0.29) is 5.91 Å². The molecule has 6 aromatic rings. The Kier molecular flexibility index (Phi) is 3.75. The Morgan fingerprint density at radius 1 is 0.700 bits per heavy atom. The van der Waals surface area contributed by atoms with Gasteiger partial charge < -0.3 is 10.3 Å². The van der Waals surface area contributed by atoms with Gasteiger partial charge in [-0.15, -0.1) is 0 Å². The molecule has 1 amide bonds. The average Bonchev–Trinajstić information content (AvgIpc) is 3.19. The van der Waals surface area contributed by atoms with Crippen LogP contribution in [-0.4, -0.2) is 10.9 Å². The Morgan fingerprint density at radius 3 is 2.30 bits per heavy atom. The van der Waals surface area contributed by atoms with Gasteiger partial charge in [-0.2, -0.15) is 0 Å². The van der Waals surface area contributed by atoms with E-state index in [0.29, 0.717) is 13.0 Å². The van der Waals surface area contributed by atoms with Gasteiger partial charge in [0.15, 0.2) is 0 Å². The average molecular weight is 388 g/mol. The van der Waals surface area contributed by atoms with E-state index >= 15 is 0 Å². The lowest BCUT2D eigenvalue weighted by Crippen LogP contribution is -2.24. The van der Waals surface area contributed by atoms with Crippen LogP contribution in [0, 0.1) is 0 Å². The molecule has 0 fully saturated rings. The van der Waals surface area contributed by atoms with Crippen molar-refractivity contribution in [3.63, 3.8) is 0 Å². The van der Waals surface area contributed by atoms with Crippen molar-refractivity contribution in [2.24, 2.45) is 0 Å². The molecule has 0 aliphatic heterocycles. The number of fused-ring (bicyclic) bond motifs is 1. The van der Waals surface area contributed by atoms with E-state index in [1.807, 2.05) is 24.4 Å². The Balaban J connectivity index is 1.31. The van der Waals surface area contributed by atoms with Gasteiger partial charge in [-0.3, -0.25) is 4.79 Å². The quantitative estimate of drug-likeness (QED) is 0.362. The van der Waals surface area contributed by atoms with Crippen molar-refractivity contribution in [1.82, 2.24) is 10.3 Å². The molecule has 0 bridgehead atoms. The van der Waals surface area contributed by atoms with Crippen molar-refractivity contribution < 1.29 is 4.79 Å². The van der Waals surface area contributed by atoms with E-state index in [1.165, 1.54) is 32.3 Å². The third kappa shape index (κ3) is 2.63. The molecular weight excluding hydrogens is 368 g/mol. The summed E-state index contributed by atoms with van der Waals surface area (Å²) < 4.78 is 0.